The van der Waals surface area contributed by atoms with Gasteiger partial charge in [-0.2, -0.15) is 0 Å². The van der Waals surface area contributed by atoms with Crippen LogP contribution in [0.4, 0.5) is 0 Å². The van der Waals surface area contributed by atoms with Crippen LogP contribution in [0.1, 0.15) is 52.4 Å². The van der Waals surface area contributed by atoms with Crippen molar-refractivity contribution in [3.05, 3.63) is 0 Å². The van der Waals surface area contributed by atoms with Gasteiger partial charge < -0.3 is 20.0 Å². The molecule has 2 heterocycles. The molecule has 0 aromatic heterocycles. The van der Waals surface area contributed by atoms with E-state index < -0.39 is 0 Å². The molecule has 2 amide bonds. The van der Waals surface area contributed by atoms with E-state index in [9.17, 15) is 9.59 Å². The number of likely N-dealkylation sites (tertiary alicyclic amines) is 1. The molecule has 1 unspecified atom stereocenters. The van der Waals surface area contributed by atoms with Crippen LogP contribution in [0.15, 0.2) is 0 Å². The maximum Gasteiger partial charge on any atom is 0.223 e. The minimum absolute atomic E-state index is 0.112. The summed E-state index contributed by atoms with van der Waals surface area (Å²) in [4.78, 5) is 31.5. The van der Waals surface area contributed by atoms with Gasteiger partial charge in [-0.3, -0.25) is 9.59 Å². The number of piperidine rings is 1. The minimum atomic E-state index is 0.112. The normalized spacial score (nSPS) is 25.2. The summed E-state index contributed by atoms with van der Waals surface area (Å²) >= 11 is 0. The largest absolute Gasteiger partial charge is 0.353 e. The molecule has 1 N–H and O–H groups in total. The molecule has 2 saturated heterocycles. The molecule has 6 heteroatoms. The first-order valence-corrected chi connectivity index (χ1v) is 10.9. The van der Waals surface area contributed by atoms with Crippen LogP contribution in [0, 0.1) is 11.3 Å². The van der Waals surface area contributed by atoms with Gasteiger partial charge in [0.2, 0.25) is 11.8 Å². The Kier molecular flexibility index (Phi) is 6.79. The topological polar surface area (TPSA) is 55.9 Å². The van der Waals surface area contributed by atoms with E-state index in [0.717, 1.165) is 77.9 Å². The van der Waals surface area contributed by atoms with Crippen molar-refractivity contribution in [1.29, 1.82) is 0 Å². The second kappa shape index (κ2) is 8.91. The summed E-state index contributed by atoms with van der Waals surface area (Å²) in [6, 6.07) is 0.353. The second-order valence-electron chi connectivity index (χ2n) is 9.20. The summed E-state index contributed by atoms with van der Waals surface area (Å²) < 4.78 is 0. The number of carbonyl (C=O) groups is 2. The Bertz CT molecular complexity index is 514. The van der Waals surface area contributed by atoms with Gasteiger partial charge in [-0.1, -0.05) is 13.8 Å². The quantitative estimate of drug-likeness (QED) is 0.762. The lowest BCUT2D eigenvalue weighted by Crippen LogP contribution is -2.56. The maximum atomic E-state index is 12.6. The van der Waals surface area contributed by atoms with Crippen LogP contribution in [0.2, 0.25) is 0 Å². The number of rotatable bonds is 6. The third-order valence-corrected chi connectivity index (χ3v) is 7.18. The van der Waals surface area contributed by atoms with Gasteiger partial charge in [0, 0.05) is 64.2 Å². The van der Waals surface area contributed by atoms with Gasteiger partial charge in [-0.15, -0.1) is 0 Å². The summed E-state index contributed by atoms with van der Waals surface area (Å²) in [6.45, 7) is 11.1. The van der Waals surface area contributed by atoms with Crippen LogP contribution < -0.4 is 5.32 Å². The molecule has 0 aromatic carbocycles. The summed E-state index contributed by atoms with van der Waals surface area (Å²) in [7, 11) is 2.16. The highest BCUT2D eigenvalue weighted by Gasteiger charge is 2.46. The van der Waals surface area contributed by atoms with Crippen LogP contribution in [-0.4, -0.2) is 85.4 Å². The number of likely N-dealkylation sites (N-methyl/N-ethyl adjacent to an activating group) is 1. The van der Waals surface area contributed by atoms with Gasteiger partial charge >= 0.3 is 0 Å². The Hall–Kier alpha value is -1.14. The van der Waals surface area contributed by atoms with Crippen molar-refractivity contribution < 1.29 is 9.59 Å². The highest BCUT2D eigenvalue weighted by molar-refractivity contribution is 5.78. The lowest BCUT2D eigenvalue weighted by atomic mass is 9.60. The molecular weight excluding hydrogens is 340 g/mol. The zero-order valence-electron chi connectivity index (χ0n) is 17.5. The minimum Gasteiger partial charge on any atom is -0.353 e. The highest BCUT2D eigenvalue weighted by Crippen LogP contribution is 2.49. The molecule has 0 aromatic rings. The number of nitrogens with zero attached hydrogens (tertiary/aromatic N) is 3. The Labute approximate surface area is 164 Å². The smallest absolute Gasteiger partial charge is 0.223 e. The molecule has 1 aliphatic carbocycles. The molecule has 6 nitrogen and oxygen atoms in total. The van der Waals surface area contributed by atoms with E-state index in [2.05, 4.69) is 34.0 Å². The molecule has 3 rings (SSSR count). The molecule has 3 fully saturated rings. The predicted molar refractivity (Wildman–Crippen MR) is 107 cm³/mol. The van der Waals surface area contributed by atoms with Gasteiger partial charge in [0.1, 0.15) is 0 Å². The van der Waals surface area contributed by atoms with Crippen LogP contribution in [0.25, 0.3) is 0 Å². The summed E-state index contributed by atoms with van der Waals surface area (Å²) in [5, 5.41) is 3.20. The predicted octanol–water partition coefficient (Wildman–Crippen LogP) is 1.56. The second-order valence-corrected chi connectivity index (χ2v) is 9.20. The van der Waals surface area contributed by atoms with Crippen molar-refractivity contribution in [3.63, 3.8) is 0 Å². The molecule has 1 saturated carbocycles. The van der Waals surface area contributed by atoms with Gasteiger partial charge in [0.15, 0.2) is 0 Å². The number of hydrogen-bond acceptors (Lipinski definition) is 4. The summed E-state index contributed by atoms with van der Waals surface area (Å²) in [5.41, 5.74) is 0.377. The molecule has 154 valence electrons. The first kappa shape index (κ1) is 20.6. The number of nitrogens with one attached hydrogen (secondary N) is 1. The van der Waals surface area contributed by atoms with Crippen LogP contribution in [-0.2, 0) is 9.59 Å². The number of piperazine rings is 1. The first-order valence-electron chi connectivity index (χ1n) is 10.9. The molecule has 27 heavy (non-hydrogen) atoms. The average Bonchev–Trinajstić information content (AvgIpc) is 2.65. The van der Waals surface area contributed by atoms with Crippen LogP contribution >= 0.6 is 0 Å². The lowest BCUT2D eigenvalue weighted by molar-refractivity contribution is -0.135. The first-order chi connectivity index (χ1) is 12.9. The van der Waals surface area contributed by atoms with Crippen molar-refractivity contribution in [2.75, 3.05) is 52.9 Å². The van der Waals surface area contributed by atoms with Gasteiger partial charge in [0.05, 0.1) is 0 Å². The Balaban J connectivity index is 1.33. The molecule has 0 bridgehead atoms. The highest BCUT2D eigenvalue weighted by atomic mass is 16.2. The Morgan fingerprint density at radius 3 is 2.30 bits per heavy atom. The van der Waals surface area contributed by atoms with E-state index in [1.807, 2.05) is 6.92 Å². The van der Waals surface area contributed by atoms with Gasteiger partial charge in [0.25, 0.3) is 0 Å². The van der Waals surface area contributed by atoms with E-state index >= 15 is 0 Å². The fourth-order valence-corrected chi connectivity index (χ4v) is 4.74. The van der Waals surface area contributed by atoms with E-state index in [4.69, 9.17) is 0 Å². The summed E-state index contributed by atoms with van der Waals surface area (Å²) in [5.74, 6) is 0.639. The fraction of sp³-hybridized carbons (Fsp3) is 0.905. The molecule has 3 aliphatic rings. The van der Waals surface area contributed by atoms with E-state index in [1.54, 1.807) is 0 Å². The maximum absolute atomic E-state index is 12.6. The monoisotopic (exact) mass is 378 g/mol. The Morgan fingerprint density at radius 1 is 1.07 bits per heavy atom. The molecule has 0 radical (unpaired) electrons. The number of amides is 2. The molecule has 2 aliphatic heterocycles. The Morgan fingerprint density at radius 2 is 1.70 bits per heavy atom. The standard InChI is InChI=1S/C21H38N4O2/c1-4-17(2)20(27)22-18-15-21(16-18)6-9-25(10-7-21)19(26)5-8-24-13-11-23(3)12-14-24/h17-18H,4-16H2,1-3H3,(H,22,27). The molecular formula is C21H38N4O2. The summed E-state index contributed by atoms with van der Waals surface area (Å²) in [6.07, 6.45) is 5.95. The van der Waals surface area contributed by atoms with Crippen molar-refractivity contribution in [2.24, 2.45) is 11.3 Å². The van der Waals surface area contributed by atoms with Crippen molar-refractivity contribution >= 4 is 11.8 Å². The molecule has 1 spiro atoms. The third-order valence-electron chi connectivity index (χ3n) is 7.18. The van der Waals surface area contributed by atoms with Gasteiger partial charge in [-0.25, -0.2) is 0 Å². The van der Waals surface area contributed by atoms with Crippen LogP contribution in [0.5, 0.6) is 0 Å². The zero-order chi connectivity index (χ0) is 19.4. The van der Waals surface area contributed by atoms with E-state index in [0.29, 0.717) is 23.8 Å². The number of carbonyl (C=O) groups excluding carboxylic acids is 2. The molecule has 1 atom stereocenters. The van der Waals surface area contributed by atoms with Crippen molar-refractivity contribution in [3.8, 4) is 0 Å². The number of hydrogen-bond donors (Lipinski definition) is 1. The SMILES string of the molecule is CCC(C)C(=O)NC1CC2(CCN(C(=O)CCN3CCN(C)CC3)CC2)C1. The van der Waals surface area contributed by atoms with Gasteiger partial charge in [-0.05, 0) is 44.6 Å². The van der Waals surface area contributed by atoms with Crippen molar-refractivity contribution in [2.45, 2.75) is 58.4 Å². The fourth-order valence-electron chi connectivity index (χ4n) is 4.74. The zero-order valence-corrected chi connectivity index (χ0v) is 17.5. The average molecular weight is 379 g/mol. The van der Waals surface area contributed by atoms with E-state index in [1.165, 1.54) is 0 Å². The van der Waals surface area contributed by atoms with E-state index in [-0.39, 0.29) is 11.8 Å². The van der Waals surface area contributed by atoms with Crippen LogP contribution in [0.3, 0.4) is 0 Å². The lowest BCUT2D eigenvalue weighted by Gasteiger charge is -2.52. The third kappa shape index (κ3) is 5.23. The van der Waals surface area contributed by atoms with Crippen molar-refractivity contribution in [1.82, 2.24) is 20.0 Å².